The maximum atomic E-state index is 4.97. The Morgan fingerprint density at radius 2 is 1.88 bits per heavy atom. The quantitative estimate of drug-likeness (QED) is 0.546. The molecule has 0 bridgehead atoms. The lowest BCUT2D eigenvalue weighted by Crippen LogP contribution is -1.88. The van der Waals surface area contributed by atoms with E-state index in [1.165, 1.54) is 0 Å². The second kappa shape index (κ2) is 15.7. The molecule has 0 rings (SSSR count). The van der Waals surface area contributed by atoms with Gasteiger partial charge in [-0.25, -0.2) is 0 Å². The van der Waals surface area contributed by atoms with Crippen LogP contribution in [0.15, 0.2) is 0 Å². The summed E-state index contributed by atoms with van der Waals surface area (Å²) in [5.41, 5.74) is 4.85. The van der Waals surface area contributed by atoms with Crippen LogP contribution >= 0.6 is 0 Å². The summed E-state index contributed by atoms with van der Waals surface area (Å²) in [6.45, 7) is 7.71. The minimum Gasteiger partial charge on any atom is -0.425 e. The fourth-order valence-corrected chi connectivity index (χ4v) is 0.612. The number of hydrogen-bond donors (Lipinski definition) is 1. The molecule has 0 aromatic carbocycles. The van der Waals surface area contributed by atoms with Crippen molar-refractivity contribution in [3.05, 3.63) is 0 Å². The Morgan fingerprint density at radius 3 is 1.88 bits per heavy atom. The number of nitrogens with two attached hydrogens (primary N) is 1. The molecular formula is C5H17NOSi. The molecule has 0 aliphatic carbocycles. The number of hydrogen-bond acceptors (Lipinski definition) is 2. The van der Waals surface area contributed by atoms with Crippen molar-refractivity contribution in [3.8, 4) is 0 Å². The summed E-state index contributed by atoms with van der Waals surface area (Å²) in [6, 6.07) is 0. The Morgan fingerprint density at radius 1 is 1.50 bits per heavy atom. The lowest BCUT2D eigenvalue weighted by atomic mass is 10.8. The van der Waals surface area contributed by atoms with E-state index in [0.29, 0.717) is 0 Å². The van der Waals surface area contributed by atoms with Gasteiger partial charge in [0.15, 0.2) is 9.76 Å². The first-order chi connectivity index (χ1) is 3.83. The van der Waals surface area contributed by atoms with Crippen molar-refractivity contribution in [1.29, 1.82) is 0 Å². The van der Waals surface area contributed by atoms with Gasteiger partial charge >= 0.3 is 0 Å². The van der Waals surface area contributed by atoms with Gasteiger partial charge in [-0.2, -0.15) is 0 Å². The lowest BCUT2D eigenvalue weighted by molar-refractivity contribution is 0.364. The average Bonchev–Trinajstić information content (AvgIpc) is 1.71. The van der Waals surface area contributed by atoms with Crippen LogP contribution in [0.3, 0.4) is 0 Å². The van der Waals surface area contributed by atoms with Gasteiger partial charge in [-0.3, -0.25) is 0 Å². The first-order valence-electron chi connectivity index (χ1n) is 3.11. The predicted molar refractivity (Wildman–Crippen MR) is 40.8 cm³/mol. The summed E-state index contributed by atoms with van der Waals surface area (Å²) >= 11 is 0. The average molecular weight is 135 g/mol. The molecule has 0 aromatic rings. The Balaban J connectivity index is 0. The van der Waals surface area contributed by atoms with Crippen molar-refractivity contribution in [2.45, 2.75) is 20.4 Å². The highest BCUT2D eigenvalue weighted by Gasteiger charge is 1.65. The van der Waals surface area contributed by atoms with Gasteiger partial charge in [0.05, 0.1) is 0 Å². The van der Waals surface area contributed by atoms with Gasteiger partial charge < -0.3 is 10.2 Å². The van der Waals surface area contributed by atoms with E-state index in [-0.39, 0.29) is 9.76 Å². The molecule has 0 aromatic heterocycles. The van der Waals surface area contributed by atoms with E-state index in [4.69, 9.17) is 10.2 Å². The zero-order chi connectivity index (χ0) is 6.83. The van der Waals surface area contributed by atoms with Crippen LogP contribution in [0.5, 0.6) is 0 Å². The molecule has 0 fully saturated rings. The predicted octanol–water partition coefficient (Wildman–Crippen LogP) is 0.120. The zero-order valence-corrected chi connectivity index (χ0v) is 7.52. The second-order valence-corrected chi connectivity index (χ2v) is 2.18. The third-order valence-electron chi connectivity index (χ3n) is 0.408. The van der Waals surface area contributed by atoms with Crippen LogP contribution in [-0.2, 0) is 4.43 Å². The maximum absolute atomic E-state index is 4.97. The second-order valence-electron chi connectivity index (χ2n) is 1.19. The summed E-state index contributed by atoms with van der Waals surface area (Å²) in [4.78, 5) is 0. The van der Waals surface area contributed by atoms with E-state index in [2.05, 4.69) is 6.55 Å². The minimum absolute atomic E-state index is 0.0860. The Hall–Kier alpha value is 0.137. The SMILES string of the molecule is CCN.CCO[SiH2]C. The van der Waals surface area contributed by atoms with E-state index in [1.807, 2.05) is 13.8 Å². The fraction of sp³-hybridized carbons (Fsp3) is 1.00. The van der Waals surface area contributed by atoms with E-state index in [1.54, 1.807) is 0 Å². The molecule has 0 aliphatic rings. The summed E-state index contributed by atoms with van der Waals surface area (Å²) in [5, 5.41) is 0. The van der Waals surface area contributed by atoms with Gasteiger partial charge in [0.2, 0.25) is 0 Å². The Bertz CT molecular complexity index is 26.4. The third-order valence-corrected chi connectivity index (χ3v) is 1.22. The molecule has 0 heterocycles. The van der Waals surface area contributed by atoms with Gasteiger partial charge in [-0.05, 0) is 13.5 Å². The molecule has 52 valence electrons. The van der Waals surface area contributed by atoms with E-state index < -0.39 is 0 Å². The lowest BCUT2D eigenvalue weighted by Gasteiger charge is -1.86. The van der Waals surface area contributed by atoms with Crippen LogP contribution in [0.1, 0.15) is 13.8 Å². The van der Waals surface area contributed by atoms with Crippen LogP contribution in [-0.4, -0.2) is 22.9 Å². The molecule has 0 atom stereocenters. The fourth-order valence-electron chi connectivity index (χ4n) is 0.204. The highest BCUT2D eigenvalue weighted by atomic mass is 28.2. The standard InChI is InChI=1S/C3H10OSi.C2H7N/c1-3-4-5-2;1-2-3/h3,5H2,1-2H3;2-3H2,1H3. The molecule has 0 unspecified atom stereocenters. The molecule has 0 saturated heterocycles. The van der Waals surface area contributed by atoms with Crippen molar-refractivity contribution in [2.24, 2.45) is 5.73 Å². The molecular weight excluding hydrogens is 118 g/mol. The molecule has 2 N–H and O–H groups in total. The normalized spacial score (nSPS) is 9.00. The highest BCUT2D eigenvalue weighted by Crippen LogP contribution is 1.61. The smallest absolute Gasteiger partial charge is 0.158 e. The van der Waals surface area contributed by atoms with Gasteiger partial charge in [-0.1, -0.05) is 13.5 Å². The van der Waals surface area contributed by atoms with Crippen molar-refractivity contribution in [3.63, 3.8) is 0 Å². The highest BCUT2D eigenvalue weighted by molar-refractivity contribution is 6.24. The largest absolute Gasteiger partial charge is 0.425 e. The molecule has 8 heavy (non-hydrogen) atoms. The zero-order valence-electron chi connectivity index (χ0n) is 6.11. The van der Waals surface area contributed by atoms with Crippen LogP contribution in [0.4, 0.5) is 0 Å². The summed E-state index contributed by atoms with van der Waals surface area (Å²) in [5.74, 6) is 0. The first kappa shape index (κ1) is 11.0. The monoisotopic (exact) mass is 135 g/mol. The summed E-state index contributed by atoms with van der Waals surface area (Å²) < 4.78 is 4.97. The van der Waals surface area contributed by atoms with E-state index in [9.17, 15) is 0 Å². The third kappa shape index (κ3) is 35.5. The van der Waals surface area contributed by atoms with Crippen LogP contribution < -0.4 is 5.73 Å². The first-order valence-corrected chi connectivity index (χ1v) is 5.10. The van der Waals surface area contributed by atoms with Crippen molar-refractivity contribution in [2.75, 3.05) is 13.2 Å². The van der Waals surface area contributed by atoms with E-state index >= 15 is 0 Å². The molecule has 2 nitrogen and oxygen atoms in total. The maximum Gasteiger partial charge on any atom is 0.158 e. The van der Waals surface area contributed by atoms with Crippen LogP contribution in [0.2, 0.25) is 6.55 Å². The molecule has 0 radical (unpaired) electrons. The van der Waals surface area contributed by atoms with Crippen molar-refractivity contribution >= 4 is 9.76 Å². The molecule has 0 saturated carbocycles. The number of rotatable bonds is 2. The summed E-state index contributed by atoms with van der Waals surface area (Å²) in [6.07, 6.45) is 0. The molecule has 0 amide bonds. The molecule has 3 heteroatoms. The van der Waals surface area contributed by atoms with E-state index in [0.717, 1.165) is 13.2 Å². The van der Waals surface area contributed by atoms with Crippen LogP contribution in [0.25, 0.3) is 0 Å². The molecule has 0 spiro atoms. The Kier molecular flexibility index (Phi) is 21.6. The van der Waals surface area contributed by atoms with Crippen molar-refractivity contribution < 1.29 is 4.43 Å². The van der Waals surface area contributed by atoms with Gasteiger partial charge in [-0.15, -0.1) is 0 Å². The molecule has 0 aliphatic heterocycles. The topological polar surface area (TPSA) is 35.2 Å². The minimum atomic E-state index is -0.0860. The van der Waals surface area contributed by atoms with Crippen LogP contribution in [0, 0.1) is 0 Å². The van der Waals surface area contributed by atoms with Gasteiger partial charge in [0.1, 0.15) is 0 Å². The van der Waals surface area contributed by atoms with Gasteiger partial charge in [0.25, 0.3) is 0 Å². The summed E-state index contributed by atoms with van der Waals surface area (Å²) in [7, 11) is -0.0860. The van der Waals surface area contributed by atoms with Crippen molar-refractivity contribution in [1.82, 2.24) is 0 Å². The van der Waals surface area contributed by atoms with Gasteiger partial charge in [0, 0.05) is 6.61 Å². The Labute approximate surface area is 54.4 Å².